The van der Waals surface area contributed by atoms with Crippen molar-refractivity contribution in [2.45, 2.75) is 5.92 Å². The molecule has 5 rings (SSSR count). The summed E-state index contributed by atoms with van der Waals surface area (Å²) in [7, 11) is 0. The number of aromatic amines is 1. The van der Waals surface area contributed by atoms with E-state index in [0.717, 1.165) is 38.7 Å². The molecule has 0 aliphatic rings. The second-order valence-electron chi connectivity index (χ2n) is 8.32. The summed E-state index contributed by atoms with van der Waals surface area (Å²) in [6.07, 6.45) is 3.65. The fourth-order valence-electron chi connectivity index (χ4n) is 4.30. The van der Waals surface area contributed by atoms with Crippen LogP contribution in [0.25, 0.3) is 23.1 Å². The molecule has 0 amide bonds. The van der Waals surface area contributed by atoms with Crippen LogP contribution in [0.2, 0.25) is 10.0 Å². The first kappa shape index (κ1) is 23.1. The van der Waals surface area contributed by atoms with E-state index in [4.69, 9.17) is 23.2 Å². The van der Waals surface area contributed by atoms with Crippen molar-refractivity contribution in [2.24, 2.45) is 0 Å². The highest BCUT2D eigenvalue weighted by Crippen LogP contribution is 2.35. The number of fused-ring (bicyclic) bond motifs is 1. The van der Waals surface area contributed by atoms with E-state index < -0.39 is 0 Å². The number of H-pyrrole nitrogens is 1. The van der Waals surface area contributed by atoms with Gasteiger partial charge in [-0.05, 0) is 76.3 Å². The van der Waals surface area contributed by atoms with E-state index in [1.807, 2.05) is 72.8 Å². The number of aromatic nitrogens is 1. The highest BCUT2D eigenvalue weighted by atomic mass is 35.5. The van der Waals surface area contributed by atoms with Gasteiger partial charge in [-0.3, -0.25) is 4.79 Å². The van der Waals surface area contributed by atoms with E-state index in [1.54, 1.807) is 18.2 Å². The summed E-state index contributed by atoms with van der Waals surface area (Å²) in [5, 5.41) is 2.23. The van der Waals surface area contributed by atoms with Crippen LogP contribution in [0.1, 0.15) is 33.7 Å². The maximum absolute atomic E-state index is 13.6. The highest BCUT2D eigenvalue weighted by molar-refractivity contribution is 6.30. The lowest BCUT2D eigenvalue weighted by atomic mass is 9.84. The van der Waals surface area contributed by atoms with Crippen LogP contribution < -0.4 is 5.56 Å². The van der Waals surface area contributed by atoms with Crippen molar-refractivity contribution in [3.05, 3.63) is 151 Å². The van der Waals surface area contributed by atoms with Crippen molar-refractivity contribution >= 4 is 46.3 Å². The lowest BCUT2D eigenvalue weighted by Gasteiger charge is -2.20. The SMILES string of the molecule is O=c1cc(C=Cc2cccc(F)c2)c2cc(C(c3ccc(Cl)cc3)c3ccc(Cl)cc3)ccc2[nH]1. The summed E-state index contributed by atoms with van der Waals surface area (Å²) in [4.78, 5) is 15.2. The predicted octanol–water partition coefficient (Wildman–Crippen LogP) is 8.32. The van der Waals surface area contributed by atoms with Crippen LogP contribution in [0, 0.1) is 5.82 Å². The number of benzene rings is 4. The number of pyridine rings is 1. The minimum atomic E-state index is -0.307. The molecule has 2 nitrogen and oxygen atoms in total. The molecule has 0 radical (unpaired) electrons. The standard InChI is InChI=1S/C30H20Cl2FNO/c31-24-11-6-20(7-12-24)30(21-8-13-25(32)14-9-21)23-10-15-28-27(17-23)22(18-29(35)34-28)5-4-19-2-1-3-26(33)16-19/h1-18,30H,(H,34,35). The molecule has 1 N–H and O–H groups in total. The van der Waals surface area contributed by atoms with Crippen LogP contribution in [-0.4, -0.2) is 4.98 Å². The Kier molecular flexibility index (Phi) is 6.54. The molecule has 0 aliphatic carbocycles. The third kappa shape index (κ3) is 5.22. The first-order valence-electron chi connectivity index (χ1n) is 11.1. The normalized spacial score (nSPS) is 11.5. The average Bonchev–Trinajstić information content (AvgIpc) is 2.85. The number of rotatable bonds is 5. The first-order chi connectivity index (χ1) is 17.0. The van der Waals surface area contributed by atoms with Crippen molar-refractivity contribution in [3.63, 3.8) is 0 Å². The summed E-state index contributed by atoms with van der Waals surface area (Å²) < 4.78 is 13.6. The largest absolute Gasteiger partial charge is 0.322 e. The van der Waals surface area contributed by atoms with Crippen LogP contribution in [0.15, 0.2) is 102 Å². The van der Waals surface area contributed by atoms with Gasteiger partial charge >= 0.3 is 0 Å². The Labute approximate surface area is 212 Å². The summed E-state index contributed by atoms with van der Waals surface area (Å²) in [5.74, 6) is -0.375. The zero-order valence-electron chi connectivity index (χ0n) is 18.5. The van der Waals surface area contributed by atoms with E-state index in [0.29, 0.717) is 10.0 Å². The Morgan fingerprint density at radius 2 is 1.34 bits per heavy atom. The molecule has 4 aromatic carbocycles. The minimum absolute atomic E-state index is 0.0686. The van der Waals surface area contributed by atoms with Gasteiger partial charge in [-0.2, -0.15) is 0 Å². The fourth-order valence-corrected chi connectivity index (χ4v) is 4.55. The van der Waals surface area contributed by atoms with Crippen molar-refractivity contribution in [2.75, 3.05) is 0 Å². The topological polar surface area (TPSA) is 32.9 Å². The van der Waals surface area contributed by atoms with Crippen molar-refractivity contribution in [1.82, 2.24) is 4.98 Å². The second-order valence-corrected chi connectivity index (χ2v) is 9.19. The van der Waals surface area contributed by atoms with E-state index >= 15 is 0 Å². The fraction of sp³-hybridized carbons (Fsp3) is 0.0333. The zero-order valence-corrected chi connectivity index (χ0v) is 20.0. The Morgan fingerprint density at radius 3 is 1.97 bits per heavy atom. The van der Waals surface area contributed by atoms with Gasteiger partial charge in [0.1, 0.15) is 5.82 Å². The minimum Gasteiger partial charge on any atom is -0.322 e. The highest BCUT2D eigenvalue weighted by Gasteiger charge is 2.18. The van der Waals surface area contributed by atoms with Crippen LogP contribution in [0.3, 0.4) is 0 Å². The molecule has 0 atom stereocenters. The Morgan fingerprint density at radius 1 is 0.714 bits per heavy atom. The zero-order chi connectivity index (χ0) is 24.4. The molecule has 172 valence electrons. The quantitative estimate of drug-likeness (QED) is 0.242. The van der Waals surface area contributed by atoms with Gasteiger partial charge in [0.15, 0.2) is 0 Å². The monoisotopic (exact) mass is 499 g/mol. The molecule has 0 saturated heterocycles. The number of halogens is 3. The maximum Gasteiger partial charge on any atom is 0.249 e. The van der Waals surface area contributed by atoms with Crippen LogP contribution >= 0.6 is 23.2 Å². The lowest BCUT2D eigenvalue weighted by Crippen LogP contribution is -2.07. The average molecular weight is 500 g/mol. The first-order valence-corrected chi connectivity index (χ1v) is 11.8. The van der Waals surface area contributed by atoms with Gasteiger partial charge in [0.2, 0.25) is 5.56 Å². The molecule has 0 fully saturated rings. The molecule has 0 bridgehead atoms. The third-order valence-corrected chi connectivity index (χ3v) is 6.45. The molecule has 5 heteroatoms. The van der Waals surface area contributed by atoms with Gasteiger partial charge in [-0.25, -0.2) is 4.39 Å². The van der Waals surface area contributed by atoms with Gasteiger partial charge < -0.3 is 4.98 Å². The molecule has 0 saturated carbocycles. The Balaban J connectivity index is 1.66. The van der Waals surface area contributed by atoms with E-state index in [-0.39, 0.29) is 17.3 Å². The summed E-state index contributed by atoms with van der Waals surface area (Å²) in [6, 6.07) is 29.5. The molecule has 1 heterocycles. The van der Waals surface area contributed by atoms with Gasteiger partial charge in [0.25, 0.3) is 0 Å². The molecule has 5 aromatic rings. The molecule has 35 heavy (non-hydrogen) atoms. The molecular weight excluding hydrogens is 480 g/mol. The van der Waals surface area contributed by atoms with Gasteiger partial charge in [-0.15, -0.1) is 0 Å². The Bertz CT molecular complexity index is 1540. The van der Waals surface area contributed by atoms with E-state index in [1.165, 1.54) is 12.1 Å². The summed E-state index contributed by atoms with van der Waals surface area (Å²) in [6.45, 7) is 0. The van der Waals surface area contributed by atoms with Crippen molar-refractivity contribution in [1.29, 1.82) is 0 Å². The number of nitrogens with one attached hydrogen (secondary N) is 1. The molecule has 0 aliphatic heterocycles. The van der Waals surface area contributed by atoms with Gasteiger partial charge in [0, 0.05) is 32.9 Å². The van der Waals surface area contributed by atoms with Crippen molar-refractivity contribution in [3.8, 4) is 0 Å². The molecular formula is C30H20Cl2FNO. The summed E-state index contributed by atoms with van der Waals surface area (Å²) in [5.41, 5.74) is 5.21. The van der Waals surface area contributed by atoms with Gasteiger partial charge in [0.05, 0.1) is 0 Å². The Hall–Kier alpha value is -3.66. The van der Waals surface area contributed by atoms with Crippen LogP contribution in [0.5, 0.6) is 0 Å². The molecule has 1 aromatic heterocycles. The number of hydrogen-bond acceptors (Lipinski definition) is 1. The van der Waals surface area contributed by atoms with Crippen molar-refractivity contribution < 1.29 is 4.39 Å². The molecule has 0 spiro atoms. The van der Waals surface area contributed by atoms with Crippen LogP contribution in [-0.2, 0) is 0 Å². The molecule has 0 unspecified atom stereocenters. The van der Waals surface area contributed by atoms with Crippen LogP contribution in [0.4, 0.5) is 4.39 Å². The smallest absolute Gasteiger partial charge is 0.249 e. The maximum atomic E-state index is 13.6. The summed E-state index contributed by atoms with van der Waals surface area (Å²) >= 11 is 12.3. The predicted molar refractivity (Wildman–Crippen MR) is 144 cm³/mol. The van der Waals surface area contributed by atoms with Gasteiger partial charge in [-0.1, -0.05) is 77.8 Å². The van der Waals surface area contributed by atoms with E-state index in [9.17, 15) is 9.18 Å². The third-order valence-electron chi connectivity index (χ3n) is 5.94. The second kappa shape index (κ2) is 9.91. The lowest BCUT2D eigenvalue weighted by molar-refractivity contribution is 0.627. The van der Waals surface area contributed by atoms with E-state index in [2.05, 4.69) is 11.1 Å². The number of hydrogen-bond donors (Lipinski definition) is 1.